The molecule has 2 rings (SSSR count). The Kier molecular flexibility index (Phi) is 5.31. The molecule has 4 heteroatoms. The van der Waals surface area contributed by atoms with Gasteiger partial charge in [0.2, 0.25) is 0 Å². The van der Waals surface area contributed by atoms with Gasteiger partial charge >= 0.3 is 11.9 Å². The highest BCUT2D eigenvalue weighted by Gasteiger charge is 2.20. The first-order valence-electron chi connectivity index (χ1n) is 7.19. The van der Waals surface area contributed by atoms with Gasteiger partial charge in [0.15, 0.2) is 0 Å². The molecule has 22 heavy (non-hydrogen) atoms. The summed E-state index contributed by atoms with van der Waals surface area (Å²) in [5, 5.41) is 9.13. The fourth-order valence-corrected chi connectivity index (χ4v) is 2.21. The molecule has 0 heterocycles. The minimum Gasteiger partial charge on any atom is -0.478 e. The maximum Gasteiger partial charge on any atom is 0.339 e. The van der Waals surface area contributed by atoms with Crippen LogP contribution in [0.15, 0.2) is 54.6 Å². The van der Waals surface area contributed by atoms with Crippen molar-refractivity contribution in [2.75, 3.05) is 0 Å². The van der Waals surface area contributed by atoms with Crippen molar-refractivity contribution < 1.29 is 19.4 Å². The second-order valence-corrected chi connectivity index (χ2v) is 4.98. The lowest BCUT2D eigenvalue weighted by Gasteiger charge is -2.17. The molecular formula is C18H18O4. The number of carbonyl (C=O) groups is 2. The number of carbonyl (C=O) groups excluding carboxylic acids is 1. The zero-order valence-corrected chi connectivity index (χ0v) is 12.4. The summed E-state index contributed by atoms with van der Waals surface area (Å²) in [5.41, 5.74) is 1.12. The largest absolute Gasteiger partial charge is 0.478 e. The Balaban J connectivity index is 2.11. The van der Waals surface area contributed by atoms with Crippen molar-refractivity contribution in [3.63, 3.8) is 0 Å². The molecule has 1 atom stereocenters. The summed E-state index contributed by atoms with van der Waals surface area (Å²) in [6, 6.07) is 15.8. The molecule has 0 aliphatic heterocycles. The summed E-state index contributed by atoms with van der Waals surface area (Å²) in [6.07, 6.45) is 0.991. The van der Waals surface area contributed by atoms with Crippen LogP contribution in [0.1, 0.15) is 39.6 Å². The normalized spacial score (nSPS) is 11.7. The summed E-state index contributed by atoms with van der Waals surface area (Å²) in [6.45, 7) is 1.93. The number of aromatic carboxylic acids is 1. The Morgan fingerprint density at radius 3 is 2.18 bits per heavy atom. The fourth-order valence-electron chi connectivity index (χ4n) is 2.21. The van der Waals surface area contributed by atoms with E-state index in [0.29, 0.717) is 12.8 Å². The van der Waals surface area contributed by atoms with Crippen LogP contribution in [-0.4, -0.2) is 23.1 Å². The number of hydrogen-bond acceptors (Lipinski definition) is 3. The van der Waals surface area contributed by atoms with Crippen LogP contribution < -0.4 is 0 Å². The van der Waals surface area contributed by atoms with Crippen molar-refractivity contribution in [2.24, 2.45) is 0 Å². The second-order valence-electron chi connectivity index (χ2n) is 4.98. The molecule has 114 valence electrons. The maximum atomic E-state index is 12.2. The number of carboxylic acid groups (broad SMARTS) is 1. The number of ether oxygens (including phenoxy) is 1. The van der Waals surface area contributed by atoms with E-state index in [1.54, 1.807) is 12.1 Å². The van der Waals surface area contributed by atoms with Crippen LogP contribution in [0.2, 0.25) is 0 Å². The van der Waals surface area contributed by atoms with Gasteiger partial charge in [-0.25, -0.2) is 9.59 Å². The van der Waals surface area contributed by atoms with E-state index in [9.17, 15) is 9.59 Å². The molecule has 0 fully saturated rings. The number of rotatable bonds is 6. The van der Waals surface area contributed by atoms with Crippen LogP contribution >= 0.6 is 0 Å². The zero-order chi connectivity index (χ0) is 15.9. The summed E-state index contributed by atoms with van der Waals surface area (Å²) < 4.78 is 5.48. The Labute approximate surface area is 129 Å². The molecule has 0 aliphatic carbocycles. The molecule has 0 radical (unpaired) electrons. The second kappa shape index (κ2) is 7.41. The van der Waals surface area contributed by atoms with Gasteiger partial charge in [-0.05, 0) is 24.1 Å². The Hall–Kier alpha value is -2.62. The SMILES string of the molecule is CCC(Cc1ccccc1)OC(=O)c1ccccc1C(=O)O. The molecule has 2 aromatic rings. The van der Waals surface area contributed by atoms with Gasteiger partial charge in [-0.15, -0.1) is 0 Å². The molecule has 1 unspecified atom stereocenters. The summed E-state index contributed by atoms with van der Waals surface area (Å²) >= 11 is 0. The molecule has 0 saturated heterocycles. The lowest BCUT2D eigenvalue weighted by Crippen LogP contribution is -2.21. The van der Waals surface area contributed by atoms with Crippen molar-refractivity contribution >= 4 is 11.9 Å². The van der Waals surface area contributed by atoms with E-state index in [1.165, 1.54) is 12.1 Å². The number of benzene rings is 2. The summed E-state index contributed by atoms with van der Waals surface area (Å²) in [4.78, 5) is 23.4. The standard InChI is InChI=1S/C18H18O4/c1-2-14(12-13-8-4-3-5-9-13)22-18(21)16-11-7-6-10-15(16)17(19)20/h3-11,14H,2,12H2,1H3,(H,19,20). The van der Waals surface area contributed by atoms with Gasteiger partial charge in [-0.2, -0.15) is 0 Å². The van der Waals surface area contributed by atoms with Crippen LogP contribution in [-0.2, 0) is 11.2 Å². The first-order valence-corrected chi connectivity index (χ1v) is 7.19. The molecule has 0 spiro atoms. The van der Waals surface area contributed by atoms with Crippen LogP contribution in [0.3, 0.4) is 0 Å². The average Bonchev–Trinajstić information content (AvgIpc) is 2.55. The number of carboxylic acids is 1. The Morgan fingerprint density at radius 1 is 1.00 bits per heavy atom. The van der Waals surface area contributed by atoms with E-state index in [-0.39, 0.29) is 17.2 Å². The highest BCUT2D eigenvalue weighted by atomic mass is 16.5. The van der Waals surface area contributed by atoms with E-state index in [1.807, 2.05) is 37.3 Å². The number of esters is 1. The third kappa shape index (κ3) is 3.95. The third-order valence-corrected chi connectivity index (χ3v) is 3.41. The topological polar surface area (TPSA) is 63.6 Å². The van der Waals surface area contributed by atoms with Gasteiger partial charge in [0, 0.05) is 6.42 Å². The lowest BCUT2D eigenvalue weighted by atomic mass is 10.1. The highest BCUT2D eigenvalue weighted by molar-refractivity contribution is 6.02. The van der Waals surface area contributed by atoms with Gasteiger partial charge in [-0.1, -0.05) is 49.4 Å². The van der Waals surface area contributed by atoms with Crippen molar-refractivity contribution in [3.8, 4) is 0 Å². The van der Waals surface area contributed by atoms with Gasteiger partial charge in [0.25, 0.3) is 0 Å². The van der Waals surface area contributed by atoms with Gasteiger partial charge < -0.3 is 9.84 Å². The molecule has 0 saturated carbocycles. The smallest absolute Gasteiger partial charge is 0.339 e. The Morgan fingerprint density at radius 2 is 1.59 bits per heavy atom. The van der Waals surface area contributed by atoms with Crippen molar-refractivity contribution in [1.82, 2.24) is 0 Å². The van der Waals surface area contributed by atoms with Crippen molar-refractivity contribution in [1.29, 1.82) is 0 Å². The minimum atomic E-state index is -1.14. The van der Waals surface area contributed by atoms with Crippen LogP contribution in [0, 0.1) is 0 Å². The minimum absolute atomic E-state index is 0.0398. The summed E-state index contributed by atoms with van der Waals surface area (Å²) in [5.74, 6) is -1.73. The molecule has 0 amide bonds. The molecule has 0 bridgehead atoms. The number of hydrogen-bond donors (Lipinski definition) is 1. The quantitative estimate of drug-likeness (QED) is 0.828. The van der Waals surface area contributed by atoms with E-state index < -0.39 is 11.9 Å². The maximum absolute atomic E-state index is 12.2. The monoisotopic (exact) mass is 298 g/mol. The first-order chi connectivity index (χ1) is 10.6. The first kappa shape index (κ1) is 15.8. The predicted molar refractivity (Wildman–Crippen MR) is 83.0 cm³/mol. The molecule has 4 nitrogen and oxygen atoms in total. The van der Waals surface area contributed by atoms with E-state index in [0.717, 1.165) is 5.56 Å². The van der Waals surface area contributed by atoms with E-state index >= 15 is 0 Å². The molecular weight excluding hydrogens is 280 g/mol. The van der Waals surface area contributed by atoms with Gasteiger partial charge in [0.05, 0.1) is 11.1 Å². The zero-order valence-electron chi connectivity index (χ0n) is 12.4. The Bertz CT molecular complexity index is 649. The van der Waals surface area contributed by atoms with Crippen LogP contribution in [0.25, 0.3) is 0 Å². The third-order valence-electron chi connectivity index (χ3n) is 3.41. The van der Waals surface area contributed by atoms with E-state index in [2.05, 4.69) is 0 Å². The summed E-state index contributed by atoms with van der Waals surface area (Å²) in [7, 11) is 0. The molecule has 0 aliphatic rings. The fraction of sp³-hybridized carbons (Fsp3) is 0.222. The molecule has 2 aromatic carbocycles. The van der Waals surface area contributed by atoms with Crippen LogP contribution in [0.5, 0.6) is 0 Å². The average molecular weight is 298 g/mol. The molecule has 0 aromatic heterocycles. The molecule has 1 N–H and O–H groups in total. The van der Waals surface area contributed by atoms with E-state index in [4.69, 9.17) is 9.84 Å². The van der Waals surface area contributed by atoms with Crippen molar-refractivity contribution in [2.45, 2.75) is 25.9 Å². The van der Waals surface area contributed by atoms with Crippen LogP contribution in [0.4, 0.5) is 0 Å². The van der Waals surface area contributed by atoms with Gasteiger partial charge in [-0.3, -0.25) is 0 Å². The highest BCUT2D eigenvalue weighted by Crippen LogP contribution is 2.15. The predicted octanol–water partition coefficient (Wildman–Crippen LogP) is 3.56. The van der Waals surface area contributed by atoms with Crippen molar-refractivity contribution in [3.05, 3.63) is 71.3 Å². The van der Waals surface area contributed by atoms with Gasteiger partial charge in [0.1, 0.15) is 6.10 Å². The lowest BCUT2D eigenvalue weighted by molar-refractivity contribution is 0.0288.